The van der Waals surface area contributed by atoms with Gasteiger partial charge < -0.3 is 20.1 Å². The summed E-state index contributed by atoms with van der Waals surface area (Å²) >= 11 is 1.15. The molecule has 0 aliphatic heterocycles. The molecule has 0 radical (unpaired) electrons. The predicted molar refractivity (Wildman–Crippen MR) is 202 cm³/mol. The summed E-state index contributed by atoms with van der Waals surface area (Å²) in [5.41, 5.74) is 0.205. The highest BCUT2D eigenvalue weighted by Crippen LogP contribution is 2.38. The van der Waals surface area contributed by atoms with Crippen LogP contribution in [0, 0.1) is 11.6 Å². The largest absolute Gasteiger partial charge is 0.492 e. The van der Waals surface area contributed by atoms with Crippen LogP contribution < -0.4 is 31.3 Å². The van der Waals surface area contributed by atoms with Gasteiger partial charge in [-0.25, -0.2) is 36.1 Å². The van der Waals surface area contributed by atoms with Crippen molar-refractivity contribution in [3.8, 4) is 21.9 Å². The Morgan fingerprint density at radius 3 is 2.26 bits per heavy atom. The molecule has 0 aliphatic carbocycles. The van der Waals surface area contributed by atoms with Crippen molar-refractivity contribution >= 4 is 43.3 Å². The molecule has 2 aromatic heterocycles. The van der Waals surface area contributed by atoms with Gasteiger partial charge in [0.25, 0.3) is 5.56 Å². The number of amides is 2. The van der Waals surface area contributed by atoms with Crippen molar-refractivity contribution in [3.63, 3.8) is 0 Å². The number of fused-ring (bicyclic) bond motifs is 1. The molecule has 0 unspecified atom stereocenters. The van der Waals surface area contributed by atoms with Crippen LogP contribution in [0.1, 0.15) is 18.1 Å². The number of nitrogens with one attached hydrogen (secondary N) is 3. The van der Waals surface area contributed by atoms with Gasteiger partial charge in [0, 0.05) is 49.4 Å². The molecule has 0 saturated carbocycles. The van der Waals surface area contributed by atoms with Crippen molar-refractivity contribution < 1.29 is 31.5 Å². The second-order valence-electron chi connectivity index (χ2n) is 12.1. The summed E-state index contributed by atoms with van der Waals surface area (Å²) in [7, 11) is 0.0417. The van der Waals surface area contributed by atoms with Gasteiger partial charge >= 0.3 is 11.7 Å². The summed E-state index contributed by atoms with van der Waals surface area (Å²) < 4.78 is 68.3. The minimum atomic E-state index is -3.40. The Morgan fingerprint density at radius 1 is 0.962 bits per heavy atom. The molecule has 0 atom stereocenters. The average Bonchev–Trinajstić information content (AvgIpc) is 3.48. The number of hydrogen-bond acceptors (Lipinski definition) is 9. The van der Waals surface area contributed by atoms with Gasteiger partial charge in [0.1, 0.15) is 28.8 Å². The summed E-state index contributed by atoms with van der Waals surface area (Å²) in [6.45, 7) is 2.99. The van der Waals surface area contributed by atoms with Crippen molar-refractivity contribution in [1.29, 1.82) is 0 Å². The fraction of sp³-hybridized carbons (Fsp3) is 0.306. The number of likely N-dealkylation sites (N-methyl/N-ethyl adjacent to an activating group) is 1. The summed E-state index contributed by atoms with van der Waals surface area (Å²) in [6.07, 6.45) is 1.03. The van der Waals surface area contributed by atoms with E-state index in [2.05, 4.69) is 15.4 Å². The van der Waals surface area contributed by atoms with E-state index in [0.717, 1.165) is 34.3 Å². The van der Waals surface area contributed by atoms with Crippen LogP contribution in [0.3, 0.4) is 0 Å². The molecule has 282 valence electrons. The van der Waals surface area contributed by atoms with Gasteiger partial charge in [0.2, 0.25) is 10.0 Å². The Hall–Kier alpha value is -4.94. The summed E-state index contributed by atoms with van der Waals surface area (Å²) in [5, 5.41) is 5.63. The quantitative estimate of drug-likeness (QED) is 0.125. The number of aromatic nitrogens is 2. The van der Waals surface area contributed by atoms with E-state index < -0.39 is 39.5 Å². The maximum atomic E-state index is 15.1. The number of carbonyl (C=O) groups excluding carboxylic acids is 1. The van der Waals surface area contributed by atoms with E-state index in [0.29, 0.717) is 47.1 Å². The van der Waals surface area contributed by atoms with E-state index >= 15 is 8.78 Å². The maximum absolute atomic E-state index is 15.1. The van der Waals surface area contributed by atoms with Crippen LogP contribution in [-0.4, -0.2) is 81.7 Å². The van der Waals surface area contributed by atoms with Crippen LogP contribution in [0.15, 0.2) is 76.3 Å². The van der Waals surface area contributed by atoms with Crippen molar-refractivity contribution in [3.05, 3.63) is 110 Å². The van der Waals surface area contributed by atoms with Gasteiger partial charge in [-0.3, -0.25) is 14.3 Å². The van der Waals surface area contributed by atoms with Gasteiger partial charge in [-0.15, -0.1) is 11.3 Å². The van der Waals surface area contributed by atoms with Crippen molar-refractivity contribution in [2.45, 2.75) is 20.0 Å². The zero-order valence-corrected chi connectivity index (χ0v) is 31.2. The number of halogens is 2. The Morgan fingerprint density at radius 2 is 1.64 bits per heavy atom. The standard InChI is InChI=1S/C36H40F2N6O7S2/c1-5-39-35(46)41-24-11-9-23(10-12-24)32-28(21-42(2)18-20-50-3)31-33(45)44(25-13-15-26(16-14-25)51-19-17-40-53(4,48)49)36(47)43(34(31)52-32)22-27-29(37)7-6-8-30(27)38/h6-16,40H,5,17-22H2,1-4H3,(H2,39,41,46). The number of carbonyl (C=O) groups is 1. The molecule has 53 heavy (non-hydrogen) atoms. The number of nitrogens with zero attached hydrogens (tertiary/aromatic N) is 3. The molecule has 3 N–H and O–H groups in total. The number of benzene rings is 3. The number of methoxy groups -OCH3 is 1. The third kappa shape index (κ3) is 9.54. The van der Waals surface area contributed by atoms with E-state index in [9.17, 15) is 22.8 Å². The number of hydrogen-bond donors (Lipinski definition) is 3. The molecular weight excluding hydrogens is 731 g/mol. The van der Waals surface area contributed by atoms with Gasteiger partial charge in [-0.05, 0) is 73.6 Å². The molecule has 0 aliphatic rings. The van der Waals surface area contributed by atoms with Crippen molar-refractivity contribution in [2.24, 2.45) is 0 Å². The first-order valence-electron chi connectivity index (χ1n) is 16.6. The molecular formula is C36H40F2N6O7S2. The highest BCUT2D eigenvalue weighted by atomic mass is 32.2. The number of ether oxygens (including phenoxy) is 2. The van der Waals surface area contributed by atoms with Gasteiger partial charge in [-0.1, -0.05) is 18.2 Å². The minimum absolute atomic E-state index is 0.0277. The third-order valence-corrected chi connectivity index (χ3v) is 10.2. The minimum Gasteiger partial charge on any atom is -0.492 e. The lowest BCUT2D eigenvalue weighted by Crippen LogP contribution is -2.39. The average molecular weight is 771 g/mol. The van der Waals surface area contributed by atoms with E-state index in [-0.39, 0.29) is 47.2 Å². The summed E-state index contributed by atoms with van der Waals surface area (Å²) in [4.78, 5) is 43.9. The molecule has 2 amide bonds. The van der Waals surface area contributed by atoms with Crippen molar-refractivity contribution in [1.82, 2.24) is 24.1 Å². The molecule has 13 nitrogen and oxygen atoms in total. The fourth-order valence-electron chi connectivity index (χ4n) is 5.59. The molecule has 3 aromatic carbocycles. The third-order valence-electron chi connectivity index (χ3n) is 8.13. The van der Waals surface area contributed by atoms with E-state index in [1.807, 2.05) is 11.9 Å². The first kappa shape index (κ1) is 39.3. The number of sulfonamides is 1. The summed E-state index contributed by atoms with van der Waals surface area (Å²) in [6, 6.07) is 16.1. The molecule has 0 saturated heterocycles. The van der Waals surface area contributed by atoms with Crippen LogP contribution in [-0.2, 0) is 27.8 Å². The lowest BCUT2D eigenvalue weighted by Gasteiger charge is -2.18. The van der Waals surface area contributed by atoms with Crippen LogP contribution in [0.25, 0.3) is 26.3 Å². The van der Waals surface area contributed by atoms with Gasteiger partial charge in [0.15, 0.2) is 0 Å². The molecule has 5 aromatic rings. The van der Waals surface area contributed by atoms with Crippen molar-refractivity contribution in [2.75, 3.05) is 58.6 Å². The van der Waals surface area contributed by atoms with E-state index in [1.165, 1.54) is 34.9 Å². The number of thiophene rings is 1. The molecule has 0 spiro atoms. The SMILES string of the molecule is CCNC(=O)Nc1ccc(-c2sc3c(c2CN(C)CCOC)c(=O)n(-c2ccc(OCCNS(C)(=O)=O)cc2)c(=O)n3Cc2c(F)cccc2F)cc1. The maximum Gasteiger partial charge on any atom is 0.337 e. The first-order chi connectivity index (χ1) is 25.3. The summed E-state index contributed by atoms with van der Waals surface area (Å²) in [5.74, 6) is -1.34. The Balaban J connectivity index is 1.69. The Kier molecular flexibility index (Phi) is 12.8. The number of anilines is 1. The zero-order valence-electron chi connectivity index (χ0n) is 29.6. The normalized spacial score (nSPS) is 11.7. The van der Waals surface area contributed by atoms with Gasteiger partial charge in [-0.2, -0.15) is 0 Å². The second-order valence-corrected chi connectivity index (χ2v) is 14.9. The Bertz CT molecular complexity index is 2290. The second kappa shape index (κ2) is 17.3. The highest BCUT2D eigenvalue weighted by Gasteiger charge is 2.26. The molecule has 0 fully saturated rings. The Labute approximate surface area is 308 Å². The van der Waals surface area contributed by atoms with Gasteiger partial charge in [0.05, 0.1) is 30.5 Å². The highest BCUT2D eigenvalue weighted by molar-refractivity contribution is 7.88. The van der Waals surface area contributed by atoms with E-state index in [1.54, 1.807) is 38.3 Å². The zero-order chi connectivity index (χ0) is 38.3. The van der Waals surface area contributed by atoms with E-state index in [4.69, 9.17) is 9.47 Å². The molecule has 17 heteroatoms. The smallest absolute Gasteiger partial charge is 0.337 e. The lowest BCUT2D eigenvalue weighted by atomic mass is 10.1. The number of urea groups is 1. The van der Waals surface area contributed by atoms with Crippen LogP contribution >= 0.6 is 11.3 Å². The lowest BCUT2D eigenvalue weighted by molar-refractivity contribution is 0.159. The number of rotatable bonds is 16. The monoisotopic (exact) mass is 770 g/mol. The topological polar surface area (TPSA) is 153 Å². The van der Waals surface area contributed by atoms with Crippen LogP contribution in [0.5, 0.6) is 5.75 Å². The van der Waals surface area contributed by atoms with Crippen LogP contribution in [0.2, 0.25) is 0 Å². The molecule has 5 rings (SSSR count). The predicted octanol–water partition coefficient (Wildman–Crippen LogP) is 4.36. The van der Waals surface area contributed by atoms with Crippen LogP contribution in [0.4, 0.5) is 19.3 Å². The molecule has 0 bridgehead atoms. The molecule has 2 heterocycles. The first-order valence-corrected chi connectivity index (χ1v) is 19.3. The fourth-order valence-corrected chi connectivity index (χ4v) is 7.34.